The average molecular weight is 300 g/mol. The molecule has 4 nitrogen and oxygen atoms in total. The van der Waals surface area contributed by atoms with E-state index in [1.165, 1.54) is 0 Å². The smallest absolute Gasteiger partial charge is 0.151 e. The molecule has 0 saturated heterocycles. The molecule has 0 aliphatic carbocycles. The van der Waals surface area contributed by atoms with Gasteiger partial charge in [-0.05, 0) is 35.9 Å². The van der Waals surface area contributed by atoms with Crippen LogP contribution in [0.15, 0.2) is 78.0 Å². The molecule has 0 fully saturated rings. The van der Waals surface area contributed by atoms with E-state index in [2.05, 4.69) is 22.2 Å². The molecule has 4 rings (SSSR count). The van der Waals surface area contributed by atoms with Crippen LogP contribution in [-0.4, -0.2) is 4.98 Å². The summed E-state index contributed by atoms with van der Waals surface area (Å²) in [6, 6.07) is 20.0. The van der Waals surface area contributed by atoms with Crippen molar-refractivity contribution in [3.05, 3.63) is 89.2 Å². The van der Waals surface area contributed by atoms with Gasteiger partial charge in [-0.15, -0.1) is 0 Å². The highest BCUT2D eigenvalue weighted by Crippen LogP contribution is 2.29. The lowest BCUT2D eigenvalue weighted by atomic mass is 10.1. The molecule has 1 aliphatic heterocycles. The summed E-state index contributed by atoms with van der Waals surface area (Å²) in [4.78, 5) is 11.3. The van der Waals surface area contributed by atoms with Crippen LogP contribution < -0.4 is 21.2 Å². The number of nitrogens with zero attached hydrogens (tertiary/aromatic N) is 3. The minimum Gasteiger partial charge on any atom is -0.399 e. The number of benzene rings is 2. The highest BCUT2D eigenvalue weighted by atomic mass is 15.2. The monoisotopic (exact) mass is 300 g/mol. The molecule has 1 aromatic heterocycles. The lowest BCUT2D eigenvalue weighted by Gasteiger charge is -2.30. The lowest BCUT2D eigenvalue weighted by molar-refractivity contribution is 0.713. The van der Waals surface area contributed by atoms with Crippen LogP contribution in [0.5, 0.6) is 0 Å². The molecule has 2 aromatic carbocycles. The fourth-order valence-electron chi connectivity index (χ4n) is 2.75. The number of nitrogen functional groups attached to an aromatic ring is 1. The maximum atomic E-state index is 5.82. The Morgan fingerprint density at radius 2 is 1.74 bits per heavy atom. The molecule has 1 unspecified atom stereocenters. The van der Waals surface area contributed by atoms with E-state index in [0.717, 1.165) is 27.5 Å². The molecule has 0 spiro atoms. The Hall–Kier alpha value is -3.14. The third kappa shape index (κ3) is 2.55. The Morgan fingerprint density at radius 3 is 2.52 bits per heavy atom. The average Bonchev–Trinajstić information content (AvgIpc) is 2.62. The van der Waals surface area contributed by atoms with E-state index in [0.29, 0.717) is 0 Å². The van der Waals surface area contributed by atoms with Crippen molar-refractivity contribution in [3.8, 4) is 0 Å². The van der Waals surface area contributed by atoms with Gasteiger partial charge in [-0.25, -0.2) is 0 Å². The van der Waals surface area contributed by atoms with E-state index in [-0.39, 0.29) is 6.17 Å². The second-order valence-electron chi connectivity index (χ2n) is 5.48. The summed E-state index contributed by atoms with van der Waals surface area (Å²) in [6.07, 6.45) is 5.62. The highest BCUT2D eigenvalue weighted by molar-refractivity contribution is 5.60. The summed E-state index contributed by atoms with van der Waals surface area (Å²) in [5, 5.41) is 2.09. The largest absolute Gasteiger partial charge is 0.399 e. The van der Waals surface area contributed by atoms with Gasteiger partial charge < -0.3 is 10.6 Å². The Morgan fingerprint density at radius 1 is 0.913 bits per heavy atom. The van der Waals surface area contributed by atoms with Crippen LogP contribution in [0.25, 0.3) is 6.20 Å². The van der Waals surface area contributed by atoms with Gasteiger partial charge in [0, 0.05) is 23.3 Å². The summed E-state index contributed by atoms with van der Waals surface area (Å²) >= 11 is 0. The number of hydrogen-bond acceptors (Lipinski definition) is 4. The quantitative estimate of drug-likeness (QED) is 0.739. The van der Waals surface area contributed by atoms with Gasteiger partial charge in [0.25, 0.3) is 0 Å². The number of anilines is 2. The molecule has 2 heterocycles. The van der Waals surface area contributed by atoms with E-state index in [1.54, 1.807) is 6.20 Å². The molecule has 23 heavy (non-hydrogen) atoms. The first-order valence-corrected chi connectivity index (χ1v) is 7.50. The van der Waals surface area contributed by atoms with Gasteiger partial charge in [-0.1, -0.05) is 30.3 Å². The van der Waals surface area contributed by atoms with Gasteiger partial charge in [-0.2, -0.15) is 0 Å². The van der Waals surface area contributed by atoms with Crippen molar-refractivity contribution in [2.75, 3.05) is 10.6 Å². The van der Waals surface area contributed by atoms with Gasteiger partial charge in [0.05, 0.1) is 17.2 Å². The zero-order valence-electron chi connectivity index (χ0n) is 12.5. The highest BCUT2D eigenvalue weighted by Gasteiger charge is 2.21. The van der Waals surface area contributed by atoms with Crippen molar-refractivity contribution in [2.45, 2.75) is 6.17 Å². The fraction of sp³-hybridized carbons (Fsp3) is 0.0526. The first-order valence-electron chi connectivity index (χ1n) is 7.50. The minimum absolute atomic E-state index is 0.130. The van der Waals surface area contributed by atoms with Crippen LogP contribution in [0.1, 0.15) is 11.7 Å². The topological polar surface area (TPSA) is 54.5 Å². The number of rotatable bonds is 2. The molecule has 4 heteroatoms. The van der Waals surface area contributed by atoms with E-state index >= 15 is 0 Å². The molecule has 1 aliphatic rings. The van der Waals surface area contributed by atoms with E-state index in [1.807, 2.05) is 60.8 Å². The number of pyridine rings is 1. The fourth-order valence-corrected chi connectivity index (χ4v) is 2.75. The first kappa shape index (κ1) is 13.5. The van der Waals surface area contributed by atoms with E-state index in [9.17, 15) is 0 Å². The second-order valence-corrected chi connectivity index (χ2v) is 5.48. The number of para-hydroxylation sites is 1. The molecular formula is C19H16N4. The second kappa shape index (κ2) is 5.57. The third-order valence-corrected chi connectivity index (χ3v) is 3.92. The zero-order chi connectivity index (χ0) is 15.6. The predicted molar refractivity (Wildman–Crippen MR) is 92.0 cm³/mol. The molecule has 0 saturated carbocycles. The SMILES string of the molecule is Nc1ccc(C2N=c3ccccc3=CN2c2cccnc2)cc1. The van der Waals surface area contributed by atoms with Crippen molar-refractivity contribution in [1.29, 1.82) is 0 Å². The summed E-state index contributed by atoms with van der Waals surface area (Å²) < 4.78 is 0. The summed E-state index contributed by atoms with van der Waals surface area (Å²) in [5.41, 5.74) is 8.67. The third-order valence-electron chi connectivity index (χ3n) is 3.92. The Bertz CT molecular complexity index is 933. The Labute approximate surface area is 134 Å². The van der Waals surface area contributed by atoms with Gasteiger partial charge in [0.2, 0.25) is 0 Å². The summed E-state index contributed by atoms with van der Waals surface area (Å²) in [7, 11) is 0. The van der Waals surface area contributed by atoms with Crippen molar-refractivity contribution in [3.63, 3.8) is 0 Å². The number of hydrogen-bond donors (Lipinski definition) is 1. The standard InChI is InChI=1S/C19H16N4/c20-16-9-7-14(8-10-16)19-22-18-6-2-1-4-15(18)13-23(19)17-5-3-11-21-12-17/h1-13,19H,20H2. The maximum absolute atomic E-state index is 5.82. The van der Waals surface area contributed by atoms with Gasteiger partial charge in [0.1, 0.15) is 0 Å². The van der Waals surface area contributed by atoms with Crippen LogP contribution in [0, 0.1) is 0 Å². The van der Waals surface area contributed by atoms with Crippen LogP contribution in [0.2, 0.25) is 0 Å². The summed E-state index contributed by atoms with van der Waals surface area (Å²) in [5.74, 6) is 0. The molecule has 2 N–H and O–H groups in total. The van der Waals surface area contributed by atoms with Gasteiger partial charge >= 0.3 is 0 Å². The van der Waals surface area contributed by atoms with Gasteiger partial charge in [-0.3, -0.25) is 9.98 Å². The molecule has 0 bridgehead atoms. The van der Waals surface area contributed by atoms with E-state index in [4.69, 9.17) is 10.7 Å². The van der Waals surface area contributed by atoms with Crippen LogP contribution in [0.3, 0.4) is 0 Å². The van der Waals surface area contributed by atoms with Crippen LogP contribution in [0.4, 0.5) is 11.4 Å². The molecule has 0 radical (unpaired) electrons. The minimum atomic E-state index is -0.130. The zero-order valence-corrected chi connectivity index (χ0v) is 12.5. The Kier molecular flexibility index (Phi) is 3.27. The lowest BCUT2D eigenvalue weighted by Crippen LogP contribution is -2.37. The maximum Gasteiger partial charge on any atom is 0.151 e. The molecule has 3 aromatic rings. The van der Waals surface area contributed by atoms with Crippen molar-refractivity contribution in [1.82, 2.24) is 4.98 Å². The molecular weight excluding hydrogens is 284 g/mol. The Balaban J connectivity index is 1.90. The normalized spacial score (nSPS) is 16.2. The number of nitrogens with two attached hydrogens (primary N) is 1. The molecule has 1 atom stereocenters. The number of fused-ring (bicyclic) bond motifs is 1. The summed E-state index contributed by atoms with van der Waals surface area (Å²) in [6.45, 7) is 0. The first-order chi connectivity index (χ1) is 11.3. The van der Waals surface area contributed by atoms with E-state index < -0.39 is 0 Å². The van der Waals surface area contributed by atoms with Crippen molar-refractivity contribution in [2.24, 2.45) is 4.99 Å². The molecule has 112 valence electrons. The predicted octanol–water partition coefficient (Wildman–Crippen LogP) is 2.24. The van der Waals surface area contributed by atoms with Gasteiger partial charge in [0.15, 0.2) is 6.17 Å². The number of aromatic nitrogens is 1. The van der Waals surface area contributed by atoms with Crippen LogP contribution >= 0.6 is 0 Å². The van der Waals surface area contributed by atoms with Crippen molar-refractivity contribution >= 4 is 17.6 Å². The molecule has 0 amide bonds. The van der Waals surface area contributed by atoms with Crippen LogP contribution in [-0.2, 0) is 0 Å². The van der Waals surface area contributed by atoms with Crippen molar-refractivity contribution < 1.29 is 0 Å².